The largest absolute Gasteiger partial charge is 0.513 e. The van der Waals surface area contributed by atoms with E-state index in [1.807, 2.05) is 45.9 Å². The van der Waals surface area contributed by atoms with Gasteiger partial charge in [0.25, 0.3) is 0 Å². The molecule has 1 aromatic carbocycles. The van der Waals surface area contributed by atoms with Crippen LogP contribution < -0.4 is 4.74 Å². The van der Waals surface area contributed by atoms with Gasteiger partial charge in [0, 0.05) is 54.9 Å². The van der Waals surface area contributed by atoms with E-state index in [0.29, 0.717) is 5.75 Å². The standard InChI is InChI=1S/C42H58O21/c1-20(2)29-14-12-15-30(21(3)4)33(29)63-42(50)52-17-13-16-51-40-38(58-27(10)48)37(57-26(9)47)35(32(60-40)19-54-23(6)44)62-41-39(59-28(11)49)36(56-25(8)46)34(55-24(7)45)31(61-41)18-53-22(5)43/h12,14-15,20-21,31-32,34-41H,13,16-19H2,1-11H3/t31-,32-,34-,35?,36+,37+,38-,39-,40-,41-/m1/s1. The summed E-state index contributed by atoms with van der Waals surface area (Å²) in [7, 11) is 0. The normalized spacial score (nSPS) is 25.5. The molecule has 0 bridgehead atoms. The number of esters is 7. The molecule has 0 N–H and O–H groups in total. The van der Waals surface area contributed by atoms with Crippen molar-refractivity contribution in [2.45, 2.75) is 156 Å². The first-order valence-corrected chi connectivity index (χ1v) is 20.3. The summed E-state index contributed by atoms with van der Waals surface area (Å²) in [4.78, 5) is 99.2. The molecule has 21 nitrogen and oxygen atoms in total. The Morgan fingerprint density at radius 2 is 0.921 bits per heavy atom. The van der Waals surface area contributed by atoms with Gasteiger partial charge in [0.05, 0.1) is 13.2 Å². The molecule has 10 atom stereocenters. The minimum Gasteiger partial charge on any atom is -0.463 e. The van der Waals surface area contributed by atoms with E-state index in [9.17, 15) is 38.4 Å². The van der Waals surface area contributed by atoms with E-state index in [1.165, 1.54) is 0 Å². The fourth-order valence-corrected chi connectivity index (χ4v) is 6.73. The summed E-state index contributed by atoms with van der Waals surface area (Å²) in [5.41, 5.74) is 1.66. The van der Waals surface area contributed by atoms with Gasteiger partial charge in [-0.25, -0.2) is 4.79 Å². The van der Waals surface area contributed by atoms with Crippen molar-refractivity contribution in [2.24, 2.45) is 0 Å². The van der Waals surface area contributed by atoms with E-state index >= 15 is 0 Å². The average Bonchev–Trinajstić information content (AvgIpc) is 3.16. The maximum Gasteiger partial charge on any atom is 0.513 e. The van der Waals surface area contributed by atoms with Crippen molar-refractivity contribution in [3.63, 3.8) is 0 Å². The second-order valence-electron chi connectivity index (χ2n) is 15.2. The molecule has 1 unspecified atom stereocenters. The van der Waals surface area contributed by atoms with Crippen molar-refractivity contribution in [1.29, 1.82) is 0 Å². The van der Waals surface area contributed by atoms with Crippen molar-refractivity contribution in [2.75, 3.05) is 26.4 Å². The second-order valence-corrected chi connectivity index (χ2v) is 15.2. The molecular formula is C42H58O21. The fourth-order valence-electron chi connectivity index (χ4n) is 6.73. The van der Waals surface area contributed by atoms with Crippen molar-refractivity contribution in [1.82, 2.24) is 0 Å². The SMILES string of the molecule is CC(=O)OC[C@H]1O[C@@H](OCCCOC(=O)Oc2c(C(C)C)cccc2C(C)C)[C@H](OC(C)=O)[C@@H](OC(C)=O)C1O[C@H]1O[C@H](COC(C)=O)[C@@H](OC(C)=O)[C@H](OC(C)=O)[C@H]1OC(C)=O. The lowest BCUT2D eigenvalue weighted by atomic mass is 9.94. The zero-order valence-electron chi connectivity index (χ0n) is 37.3. The summed E-state index contributed by atoms with van der Waals surface area (Å²) in [6.07, 6.45) is -17.0. The number of ether oxygens (including phenoxy) is 13. The molecule has 1 aromatic rings. The maximum absolute atomic E-state index is 12.8. The zero-order valence-corrected chi connectivity index (χ0v) is 37.3. The Hall–Kier alpha value is -5.38. The number of benzene rings is 1. The summed E-state index contributed by atoms with van der Waals surface area (Å²) in [5, 5.41) is 0. The van der Waals surface area contributed by atoms with E-state index < -0.39 is 123 Å². The molecule has 0 spiro atoms. The molecule has 2 saturated heterocycles. The van der Waals surface area contributed by atoms with Crippen molar-refractivity contribution in [3.05, 3.63) is 29.3 Å². The molecule has 3 rings (SSSR count). The lowest BCUT2D eigenvalue weighted by Crippen LogP contribution is -2.67. The number of carbonyl (C=O) groups is 8. The van der Waals surface area contributed by atoms with Gasteiger partial charge in [-0.05, 0) is 23.0 Å². The van der Waals surface area contributed by atoms with Gasteiger partial charge in [-0.1, -0.05) is 45.9 Å². The van der Waals surface area contributed by atoms with Crippen LogP contribution in [0.25, 0.3) is 0 Å². The van der Waals surface area contributed by atoms with Gasteiger partial charge in [0.15, 0.2) is 43.1 Å². The predicted molar refractivity (Wildman–Crippen MR) is 210 cm³/mol. The Morgan fingerprint density at radius 3 is 1.38 bits per heavy atom. The minimum atomic E-state index is -1.84. The number of rotatable bonds is 19. The minimum absolute atomic E-state index is 0.0538. The lowest BCUT2D eigenvalue weighted by molar-refractivity contribution is -0.361. The highest BCUT2D eigenvalue weighted by Gasteiger charge is 2.57. The van der Waals surface area contributed by atoms with E-state index in [4.69, 9.17) is 61.6 Å². The molecule has 2 aliphatic heterocycles. The summed E-state index contributed by atoms with van der Waals surface area (Å²) in [6.45, 7) is 13.7. The van der Waals surface area contributed by atoms with Gasteiger partial charge >= 0.3 is 47.9 Å². The number of para-hydroxylation sites is 1. The number of hydrogen-bond donors (Lipinski definition) is 0. The van der Waals surface area contributed by atoms with Crippen LogP contribution in [0.2, 0.25) is 0 Å². The first-order chi connectivity index (χ1) is 29.6. The van der Waals surface area contributed by atoms with E-state index in [0.717, 1.165) is 59.6 Å². The Kier molecular flexibility index (Phi) is 20.2. The first-order valence-electron chi connectivity index (χ1n) is 20.3. The summed E-state index contributed by atoms with van der Waals surface area (Å²) in [5.74, 6) is -5.54. The quantitative estimate of drug-likeness (QED) is 0.0833. The Labute approximate surface area is 364 Å². The predicted octanol–water partition coefficient (Wildman–Crippen LogP) is 3.48. The molecule has 0 saturated carbocycles. The molecule has 21 heteroatoms. The Morgan fingerprint density at radius 1 is 0.508 bits per heavy atom. The van der Waals surface area contributed by atoms with Crippen LogP contribution >= 0.6 is 0 Å². The van der Waals surface area contributed by atoms with Gasteiger partial charge < -0.3 is 61.6 Å². The molecule has 0 amide bonds. The highest BCUT2D eigenvalue weighted by molar-refractivity contribution is 5.70. The molecular weight excluding hydrogens is 840 g/mol. The highest BCUT2D eigenvalue weighted by atomic mass is 16.8. The van der Waals surface area contributed by atoms with Gasteiger partial charge in [-0.2, -0.15) is 0 Å². The van der Waals surface area contributed by atoms with E-state index in [2.05, 4.69) is 0 Å². The van der Waals surface area contributed by atoms with Gasteiger partial charge in [0.1, 0.15) is 37.3 Å². The molecule has 2 aliphatic rings. The molecule has 0 radical (unpaired) electrons. The molecule has 352 valence electrons. The Balaban J connectivity index is 1.96. The molecule has 63 heavy (non-hydrogen) atoms. The van der Waals surface area contributed by atoms with Crippen LogP contribution in [0.5, 0.6) is 5.75 Å². The monoisotopic (exact) mass is 898 g/mol. The highest BCUT2D eigenvalue weighted by Crippen LogP contribution is 2.37. The zero-order chi connectivity index (χ0) is 47.1. The lowest BCUT2D eigenvalue weighted by Gasteiger charge is -2.48. The van der Waals surface area contributed by atoms with E-state index in [-0.39, 0.29) is 31.5 Å². The number of carbonyl (C=O) groups excluding carboxylic acids is 8. The molecule has 2 heterocycles. The third kappa shape index (κ3) is 16.0. The maximum atomic E-state index is 12.8. The smallest absolute Gasteiger partial charge is 0.463 e. The van der Waals surface area contributed by atoms with E-state index in [1.54, 1.807) is 0 Å². The first kappa shape index (κ1) is 52.0. The fraction of sp³-hybridized carbons (Fsp3) is 0.667. The van der Waals surface area contributed by atoms with Crippen LogP contribution in [-0.2, 0) is 90.4 Å². The summed E-state index contributed by atoms with van der Waals surface area (Å²) >= 11 is 0. The van der Waals surface area contributed by atoms with Crippen molar-refractivity contribution in [3.8, 4) is 5.75 Å². The van der Waals surface area contributed by atoms with Gasteiger partial charge in [0.2, 0.25) is 0 Å². The third-order valence-corrected chi connectivity index (χ3v) is 9.18. The van der Waals surface area contributed by atoms with Crippen LogP contribution in [-0.4, -0.2) is 136 Å². The van der Waals surface area contributed by atoms with Crippen LogP contribution in [0.1, 0.15) is 106 Å². The topological polar surface area (TPSA) is 257 Å². The van der Waals surface area contributed by atoms with Crippen molar-refractivity contribution < 1.29 is 99.9 Å². The van der Waals surface area contributed by atoms with Crippen molar-refractivity contribution >= 4 is 47.9 Å². The van der Waals surface area contributed by atoms with Crippen LogP contribution in [0.15, 0.2) is 18.2 Å². The van der Waals surface area contributed by atoms with Crippen LogP contribution in [0, 0.1) is 0 Å². The second kappa shape index (κ2) is 24.5. The van der Waals surface area contributed by atoms with Gasteiger partial charge in [-0.15, -0.1) is 0 Å². The third-order valence-electron chi connectivity index (χ3n) is 9.18. The summed E-state index contributed by atoms with van der Waals surface area (Å²) < 4.78 is 73.6. The van der Waals surface area contributed by atoms with Crippen LogP contribution in [0.4, 0.5) is 4.79 Å². The van der Waals surface area contributed by atoms with Gasteiger partial charge in [-0.3, -0.25) is 33.6 Å². The average molecular weight is 899 g/mol. The molecule has 2 fully saturated rings. The summed E-state index contributed by atoms with van der Waals surface area (Å²) in [6, 6.07) is 5.63. The molecule has 0 aromatic heterocycles. The van der Waals surface area contributed by atoms with Crippen LogP contribution in [0.3, 0.4) is 0 Å². The number of hydrogen-bond acceptors (Lipinski definition) is 21. The molecule has 0 aliphatic carbocycles. The Bertz CT molecular complexity index is 1750.